The number of nitrogens with two attached hydrogens (primary N) is 1. The predicted molar refractivity (Wildman–Crippen MR) is 81.8 cm³/mol. The summed E-state index contributed by atoms with van der Waals surface area (Å²) in [6, 6.07) is 5.83. The van der Waals surface area contributed by atoms with Crippen LogP contribution in [0.1, 0.15) is 25.8 Å². The molecular weight excluding hydrogens is 306 g/mol. The molecule has 1 unspecified atom stereocenters. The lowest BCUT2D eigenvalue weighted by atomic mass is 9.95. The minimum absolute atomic E-state index is 0.162. The summed E-state index contributed by atoms with van der Waals surface area (Å²) in [6.07, 6.45) is 1.19. The van der Waals surface area contributed by atoms with E-state index in [0.29, 0.717) is 11.8 Å². The monoisotopic (exact) mass is 325 g/mol. The van der Waals surface area contributed by atoms with Gasteiger partial charge in [0.25, 0.3) is 0 Å². The van der Waals surface area contributed by atoms with Gasteiger partial charge < -0.3 is 15.8 Å². The minimum Gasteiger partial charge on any atom is -0.409 e. The van der Waals surface area contributed by atoms with Gasteiger partial charge in [0.2, 0.25) is 0 Å². The summed E-state index contributed by atoms with van der Waals surface area (Å²) in [6.45, 7) is 6.57. The third-order valence-corrected chi connectivity index (χ3v) is 4.34. The molecule has 1 fully saturated rings. The molecule has 3 N–H and O–H groups in total. The van der Waals surface area contributed by atoms with E-state index >= 15 is 0 Å². The molecule has 0 radical (unpaired) electrons. The summed E-state index contributed by atoms with van der Waals surface area (Å²) in [4.78, 5) is 2.32. The molecule has 104 valence electrons. The molecule has 5 heteroatoms. The van der Waals surface area contributed by atoms with Crippen molar-refractivity contribution in [1.29, 1.82) is 0 Å². The number of hydrogen-bond acceptors (Lipinski definition) is 3. The Bertz CT molecular complexity index is 488. The van der Waals surface area contributed by atoms with Gasteiger partial charge in [0.05, 0.1) is 0 Å². The second kappa shape index (κ2) is 5.82. The van der Waals surface area contributed by atoms with Gasteiger partial charge in [-0.2, -0.15) is 0 Å². The number of amidine groups is 1. The molecule has 0 bridgehead atoms. The highest BCUT2D eigenvalue weighted by Gasteiger charge is 2.27. The Hall–Kier alpha value is -1.23. The average molecular weight is 326 g/mol. The van der Waals surface area contributed by atoms with E-state index in [1.54, 1.807) is 0 Å². The SMILES string of the molecule is CC(C)C1CCN(c2cc(Br)ccc2/C(N)=N/O)C1. The zero-order valence-corrected chi connectivity index (χ0v) is 12.9. The largest absolute Gasteiger partial charge is 0.409 e. The van der Waals surface area contributed by atoms with Gasteiger partial charge in [0.1, 0.15) is 0 Å². The Labute approximate surface area is 122 Å². The van der Waals surface area contributed by atoms with Crippen LogP contribution in [0.5, 0.6) is 0 Å². The van der Waals surface area contributed by atoms with E-state index < -0.39 is 0 Å². The van der Waals surface area contributed by atoms with Crippen molar-refractivity contribution in [1.82, 2.24) is 0 Å². The molecule has 2 rings (SSSR count). The van der Waals surface area contributed by atoms with Gasteiger partial charge in [-0.05, 0) is 36.5 Å². The molecule has 1 aromatic carbocycles. The van der Waals surface area contributed by atoms with E-state index in [-0.39, 0.29) is 5.84 Å². The number of benzene rings is 1. The lowest BCUT2D eigenvalue weighted by Gasteiger charge is -2.23. The van der Waals surface area contributed by atoms with Crippen LogP contribution in [0.3, 0.4) is 0 Å². The van der Waals surface area contributed by atoms with Crippen LogP contribution < -0.4 is 10.6 Å². The van der Waals surface area contributed by atoms with Crippen molar-refractivity contribution >= 4 is 27.5 Å². The van der Waals surface area contributed by atoms with Gasteiger partial charge in [0.15, 0.2) is 5.84 Å². The third kappa shape index (κ3) is 3.03. The zero-order valence-electron chi connectivity index (χ0n) is 11.3. The maximum absolute atomic E-state index is 8.90. The topological polar surface area (TPSA) is 61.8 Å². The normalized spacial score (nSPS) is 20.3. The van der Waals surface area contributed by atoms with Crippen molar-refractivity contribution in [3.05, 3.63) is 28.2 Å². The number of halogens is 1. The number of rotatable bonds is 3. The Morgan fingerprint density at radius 3 is 2.84 bits per heavy atom. The van der Waals surface area contributed by atoms with E-state index in [9.17, 15) is 0 Å². The fraction of sp³-hybridized carbons (Fsp3) is 0.500. The molecule has 1 atom stereocenters. The van der Waals surface area contributed by atoms with Crippen LogP contribution >= 0.6 is 15.9 Å². The summed E-state index contributed by atoms with van der Waals surface area (Å²) in [7, 11) is 0. The summed E-state index contributed by atoms with van der Waals surface area (Å²) in [5, 5.41) is 12.0. The lowest BCUT2D eigenvalue weighted by molar-refractivity contribution is 0.318. The summed E-state index contributed by atoms with van der Waals surface area (Å²) in [5.41, 5.74) is 7.59. The zero-order chi connectivity index (χ0) is 14.0. The van der Waals surface area contributed by atoms with E-state index in [2.05, 4.69) is 39.8 Å². The first-order valence-corrected chi connectivity index (χ1v) is 7.34. The van der Waals surface area contributed by atoms with Gasteiger partial charge in [-0.1, -0.05) is 34.9 Å². The smallest absolute Gasteiger partial charge is 0.172 e. The first-order valence-electron chi connectivity index (χ1n) is 6.55. The van der Waals surface area contributed by atoms with E-state index in [4.69, 9.17) is 10.9 Å². The molecule has 0 aliphatic carbocycles. The highest BCUT2D eigenvalue weighted by molar-refractivity contribution is 9.10. The number of anilines is 1. The molecule has 19 heavy (non-hydrogen) atoms. The minimum atomic E-state index is 0.162. The van der Waals surface area contributed by atoms with Crippen molar-refractivity contribution in [3.8, 4) is 0 Å². The van der Waals surface area contributed by atoms with Crippen molar-refractivity contribution in [2.24, 2.45) is 22.7 Å². The summed E-state index contributed by atoms with van der Waals surface area (Å²) in [5.74, 6) is 1.55. The van der Waals surface area contributed by atoms with Crippen LogP contribution in [0.25, 0.3) is 0 Å². The number of oxime groups is 1. The number of nitrogens with zero attached hydrogens (tertiary/aromatic N) is 2. The molecule has 1 aliphatic heterocycles. The van der Waals surface area contributed by atoms with Crippen LogP contribution in [0.4, 0.5) is 5.69 Å². The predicted octanol–water partition coefficient (Wildman–Crippen LogP) is 3.03. The van der Waals surface area contributed by atoms with Crippen LogP contribution in [-0.2, 0) is 0 Å². The van der Waals surface area contributed by atoms with Crippen molar-refractivity contribution in [2.45, 2.75) is 20.3 Å². The quantitative estimate of drug-likeness (QED) is 0.388. The van der Waals surface area contributed by atoms with Crippen molar-refractivity contribution in [2.75, 3.05) is 18.0 Å². The fourth-order valence-electron chi connectivity index (χ4n) is 2.59. The second-order valence-corrected chi connectivity index (χ2v) is 6.30. The van der Waals surface area contributed by atoms with Gasteiger partial charge >= 0.3 is 0 Å². The third-order valence-electron chi connectivity index (χ3n) is 3.85. The van der Waals surface area contributed by atoms with E-state index in [1.165, 1.54) is 6.42 Å². The lowest BCUT2D eigenvalue weighted by Crippen LogP contribution is -2.25. The molecule has 0 aromatic heterocycles. The average Bonchev–Trinajstić information content (AvgIpc) is 2.87. The Kier molecular flexibility index (Phi) is 4.34. The van der Waals surface area contributed by atoms with E-state index in [0.717, 1.165) is 28.8 Å². The molecule has 0 spiro atoms. The molecule has 1 heterocycles. The van der Waals surface area contributed by atoms with Gasteiger partial charge in [0, 0.05) is 28.8 Å². The number of hydrogen-bond donors (Lipinski definition) is 2. The summed E-state index contributed by atoms with van der Waals surface area (Å²) >= 11 is 3.49. The summed E-state index contributed by atoms with van der Waals surface area (Å²) < 4.78 is 1.00. The van der Waals surface area contributed by atoms with Crippen LogP contribution in [-0.4, -0.2) is 24.1 Å². The van der Waals surface area contributed by atoms with Crippen LogP contribution in [0.15, 0.2) is 27.8 Å². The van der Waals surface area contributed by atoms with E-state index in [1.807, 2.05) is 18.2 Å². The van der Waals surface area contributed by atoms with Gasteiger partial charge in [-0.15, -0.1) is 0 Å². The maximum Gasteiger partial charge on any atom is 0.172 e. The molecule has 1 aromatic rings. The second-order valence-electron chi connectivity index (χ2n) is 5.39. The molecule has 1 saturated heterocycles. The fourth-order valence-corrected chi connectivity index (χ4v) is 2.94. The van der Waals surface area contributed by atoms with Gasteiger partial charge in [-0.3, -0.25) is 0 Å². The van der Waals surface area contributed by atoms with Crippen LogP contribution in [0.2, 0.25) is 0 Å². The first-order chi connectivity index (χ1) is 9.02. The molecule has 1 aliphatic rings. The highest BCUT2D eigenvalue weighted by atomic mass is 79.9. The first kappa shape index (κ1) is 14.2. The Morgan fingerprint density at radius 2 is 2.26 bits per heavy atom. The molecule has 4 nitrogen and oxygen atoms in total. The molecule has 0 amide bonds. The highest BCUT2D eigenvalue weighted by Crippen LogP contribution is 2.32. The standard InChI is InChI=1S/C14H20BrN3O/c1-9(2)10-5-6-18(8-10)13-7-11(15)3-4-12(13)14(16)17-19/h3-4,7,9-10,19H,5-6,8H2,1-2H3,(H2,16,17). The Morgan fingerprint density at radius 1 is 1.53 bits per heavy atom. The Balaban J connectivity index is 2.31. The van der Waals surface area contributed by atoms with Crippen LogP contribution in [0, 0.1) is 11.8 Å². The van der Waals surface area contributed by atoms with Gasteiger partial charge in [-0.25, -0.2) is 0 Å². The van der Waals surface area contributed by atoms with Crippen molar-refractivity contribution in [3.63, 3.8) is 0 Å². The molecular formula is C14H20BrN3O. The maximum atomic E-state index is 8.90. The van der Waals surface area contributed by atoms with Crippen molar-refractivity contribution < 1.29 is 5.21 Å². The molecule has 0 saturated carbocycles.